The van der Waals surface area contributed by atoms with E-state index < -0.39 is 5.41 Å². The maximum atomic E-state index is 9.72. The Bertz CT molecular complexity index is 1710. The quantitative estimate of drug-likeness (QED) is 0.279. The fraction of sp³-hybridized carbons (Fsp3) is 0.296. The molecule has 0 aliphatic rings. The Morgan fingerprint density at radius 2 is 1.67 bits per heavy atom. The Morgan fingerprint density at radius 1 is 0.949 bits per heavy atom. The van der Waals surface area contributed by atoms with Gasteiger partial charge in [0, 0.05) is 35.0 Å². The minimum Gasteiger partial charge on any atom is -0.401 e. The molecule has 0 aromatic carbocycles. The zero-order valence-electron chi connectivity index (χ0n) is 21.8. The maximum absolute atomic E-state index is 9.72. The van der Waals surface area contributed by atoms with E-state index in [0.717, 1.165) is 0 Å². The Kier molecular flexibility index (Phi) is 8.11. The molecule has 0 amide bonds. The van der Waals surface area contributed by atoms with Crippen LogP contribution in [0.4, 0.5) is 11.6 Å². The van der Waals surface area contributed by atoms with Gasteiger partial charge >= 0.3 is 26.9 Å². The standard InChI is InChI=1S/C27H21N11.Pt/c1-26(2,3)11-17-24(37-15-33-18(12-28)19(37)13-29)36-21(14-32-17)27(4,5)20-9-8-10-22(35-20)38-16-34-23(30-6)25(38)31-7;/h8-10,14H,11H2,1-5H3;/q-2;+2. The molecule has 39 heavy (non-hydrogen) atoms. The van der Waals surface area contributed by atoms with Gasteiger partial charge in [-0.05, 0) is 37.8 Å². The average molecular weight is 695 g/mol. The second-order valence-corrected chi connectivity index (χ2v) is 10.2. The molecule has 0 N–H and O–H groups in total. The van der Waals surface area contributed by atoms with Crippen molar-refractivity contribution in [2.45, 2.75) is 46.5 Å². The normalized spacial score (nSPS) is 11.0. The number of hydrogen-bond donors (Lipinski definition) is 0. The van der Waals surface area contributed by atoms with Crippen LogP contribution in [-0.2, 0) is 32.9 Å². The molecule has 0 saturated carbocycles. The van der Waals surface area contributed by atoms with Gasteiger partial charge in [-0.1, -0.05) is 45.0 Å². The molecular formula is C27H21N11Pt. The van der Waals surface area contributed by atoms with Gasteiger partial charge in [-0.3, -0.25) is 19.5 Å². The number of imidazole rings is 2. The Labute approximate surface area is 240 Å². The number of rotatable bonds is 5. The number of nitriles is 2. The largest absolute Gasteiger partial charge is 2.00 e. The molecule has 0 fully saturated rings. The molecule has 0 unspecified atom stereocenters. The molecule has 0 aliphatic carbocycles. The van der Waals surface area contributed by atoms with Gasteiger partial charge in [0.15, 0.2) is 0 Å². The number of nitrogens with zero attached hydrogens (tertiary/aromatic N) is 11. The van der Waals surface area contributed by atoms with Crippen LogP contribution in [0.2, 0.25) is 0 Å². The summed E-state index contributed by atoms with van der Waals surface area (Å²) >= 11 is 0. The molecular weight excluding hydrogens is 673 g/mol. The third-order valence-corrected chi connectivity index (χ3v) is 5.78. The van der Waals surface area contributed by atoms with E-state index in [1.54, 1.807) is 18.3 Å². The summed E-state index contributed by atoms with van der Waals surface area (Å²) in [5, 5.41) is 19.1. The predicted octanol–water partition coefficient (Wildman–Crippen LogP) is 4.60. The fourth-order valence-corrected chi connectivity index (χ4v) is 3.81. The Balaban J connectivity index is 0.00000420. The number of aromatic nitrogens is 7. The van der Waals surface area contributed by atoms with E-state index in [-0.39, 0.29) is 49.5 Å². The number of pyridine rings is 1. The molecule has 0 bridgehead atoms. The fourth-order valence-electron chi connectivity index (χ4n) is 3.81. The monoisotopic (exact) mass is 694 g/mol. The van der Waals surface area contributed by atoms with Crippen molar-refractivity contribution in [3.63, 3.8) is 0 Å². The van der Waals surface area contributed by atoms with E-state index >= 15 is 0 Å². The van der Waals surface area contributed by atoms with E-state index in [0.29, 0.717) is 35.1 Å². The van der Waals surface area contributed by atoms with Gasteiger partial charge in [0.2, 0.25) is 0 Å². The van der Waals surface area contributed by atoms with E-state index in [4.69, 9.17) is 28.1 Å². The summed E-state index contributed by atoms with van der Waals surface area (Å²) in [6.07, 6.45) is 7.63. The molecule has 4 aromatic rings. The smallest absolute Gasteiger partial charge is 0.401 e. The molecule has 0 aliphatic heterocycles. The van der Waals surface area contributed by atoms with E-state index in [2.05, 4.69) is 53.1 Å². The molecule has 0 atom stereocenters. The third-order valence-electron chi connectivity index (χ3n) is 5.78. The molecule has 0 spiro atoms. The van der Waals surface area contributed by atoms with Gasteiger partial charge in [-0.25, -0.2) is 10.5 Å². The van der Waals surface area contributed by atoms with Crippen molar-refractivity contribution < 1.29 is 21.1 Å². The molecule has 4 aromatic heterocycles. The van der Waals surface area contributed by atoms with Gasteiger partial charge < -0.3 is 19.2 Å². The van der Waals surface area contributed by atoms with Gasteiger partial charge in [-0.2, -0.15) is 0 Å². The summed E-state index contributed by atoms with van der Waals surface area (Å²) in [5.41, 5.74) is 0.898. The number of hydrogen-bond acceptors (Lipinski definition) is 7. The Hall–Kier alpha value is -4.70. The summed E-state index contributed by atoms with van der Waals surface area (Å²) in [4.78, 5) is 28.9. The minimum atomic E-state index is -0.773. The average Bonchev–Trinajstić information content (AvgIpc) is 3.51. The van der Waals surface area contributed by atoms with Crippen LogP contribution in [0, 0.1) is 53.9 Å². The third kappa shape index (κ3) is 5.46. The van der Waals surface area contributed by atoms with Crippen molar-refractivity contribution in [3.05, 3.63) is 88.4 Å². The van der Waals surface area contributed by atoms with E-state index in [1.165, 1.54) is 9.13 Å². The first kappa shape index (κ1) is 28.9. The summed E-state index contributed by atoms with van der Waals surface area (Å²) in [5.74, 6) is 0.740. The maximum Gasteiger partial charge on any atom is 2.00 e. The first-order valence-electron chi connectivity index (χ1n) is 11.4. The molecule has 194 valence electrons. The summed E-state index contributed by atoms with van der Waals surface area (Å²) in [7, 11) is 0. The second-order valence-electron chi connectivity index (χ2n) is 10.2. The molecule has 0 saturated heterocycles. The second kappa shape index (κ2) is 11.0. The van der Waals surface area contributed by atoms with Crippen LogP contribution in [0.25, 0.3) is 21.3 Å². The SMILES string of the molecule is [C-]#[N+]c1n[c-]n(-c2cccc(C(C)(C)c3cnc(CC(C)(C)C)c(-n4[c-]nc(C#N)c4C#N)n3)n2)c1[N+]#[C-].[Pt+2]. The van der Waals surface area contributed by atoms with Crippen LogP contribution in [0.1, 0.15) is 63.1 Å². The van der Waals surface area contributed by atoms with E-state index in [1.807, 2.05) is 32.1 Å². The van der Waals surface area contributed by atoms with Crippen LogP contribution in [0.3, 0.4) is 0 Å². The van der Waals surface area contributed by atoms with Crippen molar-refractivity contribution in [2.24, 2.45) is 5.41 Å². The van der Waals surface area contributed by atoms with Crippen molar-refractivity contribution in [1.82, 2.24) is 34.1 Å². The minimum absolute atomic E-state index is 0. The van der Waals surface area contributed by atoms with Gasteiger partial charge in [0.05, 0.1) is 29.3 Å². The van der Waals surface area contributed by atoms with E-state index in [9.17, 15) is 10.5 Å². The van der Waals surface area contributed by atoms with Crippen LogP contribution in [0.15, 0.2) is 24.4 Å². The molecule has 12 heteroatoms. The first-order chi connectivity index (χ1) is 18.0. The molecule has 11 nitrogen and oxygen atoms in total. The van der Waals surface area contributed by atoms with Crippen LogP contribution in [-0.4, -0.2) is 34.1 Å². The van der Waals surface area contributed by atoms with Crippen LogP contribution in [0.5, 0.6) is 0 Å². The van der Waals surface area contributed by atoms with Crippen molar-refractivity contribution in [2.75, 3.05) is 0 Å². The van der Waals surface area contributed by atoms with Gasteiger partial charge in [-0.15, -0.1) is 0 Å². The van der Waals surface area contributed by atoms with Gasteiger partial charge in [0.1, 0.15) is 5.82 Å². The summed E-state index contributed by atoms with van der Waals surface area (Å²) in [6.45, 7) is 24.7. The van der Waals surface area contributed by atoms with Crippen LogP contribution < -0.4 is 0 Å². The summed E-state index contributed by atoms with van der Waals surface area (Å²) < 4.78 is 2.73. The van der Waals surface area contributed by atoms with Crippen molar-refractivity contribution in [1.29, 1.82) is 10.5 Å². The predicted molar refractivity (Wildman–Crippen MR) is 135 cm³/mol. The molecule has 0 radical (unpaired) electrons. The zero-order valence-corrected chi connectivity index (χ0v) is 24.0. The first-order valence-corrected chi connectivity index (χ1v) is 11.4. The van der Waals surface area contributed by atoms with Crippen LogP contribution >= 0.6 is 0 Å². The zero-order chi connectivity index (χ0) is 27.7. The summed E-state index contributed by atoms with van der Waals surface area (Å²) in [6, 6.07) is 9.26. The van der Waals surface area contributed by atoms with Gasteiger partial charge in [0.25, 0.3) is 12.1 Å². The molecule has 4 rings (SSSR count). The van der Waals surface area contributed by atoms with Crippen molar-refractivity contribution >= 4 is 11.6 Å². The topological polar surface area (TPSA) is 131 Å². The molecule has 4 heterocycles. The Morgan fingerprint density at radius 3 is 2.28 bits per heavy atom. The van der Waals surface area contributed by atoms with Crippen molar-refractivity contribution in [3.8, 4) is 23.8 Å².